The molecule has 0 aromatic rings. The zero-order chi connectivity index (χ0) is 10.1. The van der Waals surface area contributed by atoms with Crippen molar-refractivity contribution in [1.29, 1.82) is 0 Å². The Morgan fingerprint density at radius 1 is 1.15 bits per heavy atom. The SMILES string of the molecule is S=C(SCCS)C(CS)SCCS. The molecule has 0 aliphatic rings. The molecule has 1 unspecified atom stereocenters. The fourth-order valence-corrected chi connectivity index (χ4v) is 4.10. The van der Waals surface area contributed by atoms with Gasteiger partial charge in [0.05, 0.1) is 9.45 Å². The Morgan fingerprint density at radius 3 is 2.23 bits per heavy atom. The van der Waals surface area contributed by atoms with E-state index in [4.69, 9.17) is 12.2 Å². The van der Waals surface area contributed by atoms with Gasteiger partial charge < -0.3 is 0 Å². The summed E-state index contributed by atoms with van der Waals surface area (Å²) >= 11 is 21.4. The smallest absolute Gasteiger partial charge is 0.0617 e. The van der Waals surface area contributed by atoms with Crippen molar-refractivity contribution in [3.8, 4) is 0 Å². The zero-order valence-electron chi connectivity index (χ0n) is 7.18. The Labute approximate surface area is 111 Å². The zero-order valence-corrected chi connectivity index (χ0v) is 12.3. The maximum atomic E-state index is 5.29. The monoisotopic (exact) mass is 290 g/mol. The number of hydrogen-bond donors (Lipinski definition) is 3. The fraction of sp³-hybridized carbons (Fsp3) is 0.857. The Kier molecular flexibility index (Phi) is 11.8. The Hall–Kier alpha value is 1.84. The van der Waals surface area contributed by atoms with Crippen LogP contribution >= 0.6 is 73.6 Å². The molecule has 0 aromatic carbocycles. The van der Waals surface area contributed by atoms with Gasteiger partial charge in [-0.05, 0) is 11.5 Å². The highest BCUT2D eigenvalue weighted by Gasteiger charge is 2.12. The maximum Gasteiger partial charge on any atom is 0.0617 e. The molecular formula is C7H14S6. The van der Waals surface area contributed by atoms with Crippen molar-refractivity contribution < 1.29 is 0 Å². The van der Waals surface area contributed by atoms with E-state index < -0.39 is 0 Å². The van der Waals surface area contributed by atoms with Crippen LogP contribution < -0.4 is 0 Å². The predicted molar refractivity (Wildman–Crippen MR) is 82.9 cm³/mol. The van der Waals surface area contributed by atoms with Gasteiger partial charge in [-0.3, -0.25) is 0 Å². The third-order valence-electron chi connectivity index (χ3n) is 1.17. The lowest BCUT2D eigenvalue weighted by Crippen LogP contribution is -2.15. The molecule has 1 atom stereocenters. The Morgan fingerprint density at radius 2 is 1.77 bits per heavy atom. The molecule has 0 nitrogen and oxygen atoms in total. The standard InChI is InChI=1S/C7H14S6/c8-1-3-12-6(5-10)7(11)13-4-2-9/h6,8-10H,1-5H2. The van der Waals surface area contributed by atoms with Crippen molar-refractivity contribution in [2.45, 2.75) is 5.25 Å². The van der Waals surface area contributed by atoms with Gasteiger partial charge in [0.15, 0.2) is 0 Å². The van der Waals surface area contributed by atoms with Crippen LogP contribution in [0.4, 0.5) is 0 Å². The molecule has 0 aliphatic carbocycles. The lowest BCUT2D eigenvalue weighted by molar-refractivity contribution is 1.38. The van der Waals surface area contributed by atoms with Gasteiger partial charge >= 0.3 is 0 Å². The summed E-state index contributed by atoms with van der Waals surface area (Å²) in [6.45, 7) is 0. The van der Waals surface area contributed by atoms with E-state index in [9.17, 15) is 0 Å². The molecule has 0 saturated heterocycles. The quantitative estimate of drug-likeness (QED) is 0.488. The van der Waals surface area contributed by atoms with Gasteiger partial charge in [-0.15, -0.1) is 11.8 Å². The van der Waals surface area contributed by atoms with Crippen molar-refractivity contribution in [1.82, 2.24) is 0 Å². The van der Waals surface area contributed by atoms with E-state index in [0.717, 1.165) is 33.0 Å². The van der Waals surface area contributed by atoms with Gasteiger partial charge in [0, 0.05) is 17.3 Å². The Balaban J connectivity index is 3.71. The van der Waals surface area contributed by atoms with Gasteiger partial charge in [-0.1, -0.05) is 12.2 Å². The highest BCUT2D eigenvalue weighted by atomic mass is 32.2. The van der Waals surface area contributed by atoms with Crippen molar-refractivity contribution in [3.63, 3.8) is 0 Å². The van der Waals surface area contributed by atoms with E-state index in [2.05, 4.69) is 37.9 Å². The highest BCUT2D eigenvalue weighted by Crippen LogP contribution is 2.21. The van der Waals surface area contributed by atoms with Crippen molar-refractivity contribution in [2.75, 3.05) is 28.8 Å². The molecule has 6 heteroatoms. The maximum absolute atomic E-state index is 5.29. The fourth-order valence-electron chi connectivity index (χ4n) is 0.629. The molecule has 0 radical (unpaired) electrons. The molecule has 13 heavy (non-hydrogen) atoms. The molecule has 0 amide bonds. The molecule has 0 heterocycles. The third-order valence-corrected chi connectivity index (χ3v) is 6.00. The van der Waals surface area contributed by atoms with E-state index in [0.29, 0.717) is 5.25 Å². The van der Waals surface area contributed by atoms with Crippen molar-refractivity contribution in [3.05, 3.63) is 0 Å². The number of rotatable bonds is 7. The lowest BCUT2D eigenvalue weighted by Gasteiger charge is -2.13. The van der Waals surface area contributed by atoms with Crippen molar-refractivity contribution in [2.24, 2.45) is 0 Å². The van der Waals surface area contributed by atoms with E-state index in [1.807, 2.05) is 11.8 Å². The Bertz CT molecular complexity index is 137. The first-order valence-corrected chi connectivity index (χ1v) is 8.21. The van der Waals surface area contributed by atoms with Crippen LogP contribution in [-0.4, -0.2) is 38.2 Å². The lowest BCUT2D eigenvalue weighted by atomic mass is 10.5. The first-order chi connectivity index (χ1) is 6.26. The van der Waals surface area contributed by atoms with Gasteiger partial charge in [-0.25, -0.2) is 0 Å². The first kappa shape index (κ1) is 14.8. The normalized spacial score (nSPS) is 12.8. The minimum absolute atomic E-state index is 0.385. The van der Waals surface area contributed by atoms with Crippen LogP contribution in [0.3, 0.4) is 0 Å². The van der Waals surface area contributed by atoms with Crippen LogP contribution in [0.5, 0.6) is 0 Å². The molecular weight excluding hydrogens is 276 g/mol. The molecule has 0 bridgehead atoms. The largest absolute Gasteiger partial charge is 0.179 e. The van der Waals surface area contributed by atoms with Crippen LogP contribution in [0, 0.1) is 0 Å². The molecule has 0 aromatic heterocycles. The second-order valence-corrected chi connectivity index (χ2v) is 6.56. The molecule has 0 N–H and O–H groups in total. The minimum atomic E-state index is 0.385. The summed E-state index contributed by atoms with van der Waals surface area (Å²) in [4.78, 5) is 0. The summed E-state index contributed by atoms with van der Waals surface area (Å²) < 4.78 is 1.05. The van der Waals surface area contributed by atoms with Crippen LogP contribution in [0.15, 0.2) is 0 Å². The second-order valence-electron chi connectivity index (χ2n) is 2.16. The van der Waals surface area contributed by atoms with Gasteiger partial charge in [0.1, 0.15) is 0 Å². The molecule has 0 fully saturated rings. The number of thioether (sulfide) groups is 2. The predicted octanol–water partition coefficient (Wildman–Crippen LogP) is 2.94. The van der Waals surface area contributed by atoms with Crippen LogP contribution in [-0.2, 0) is 0 Å². The summed E-state index contributed by atoms with van der Waals surface area (Å²) in [6.07, 6.45) is 0. The van der Waals surface area contributed by atoms with Crippen LogP contribution in [0.1, 0.15) is 0 Å². The topological polar surface area (TPSA) is 0 Å². The molecule has 78 valence electrons. The van der Waals surface area contributed by atoms with E-state index in [1.165, 1.54) is 0 Å². The van der Waals surface area contributed by atoms with Crippen LogP contribution in [0.25, 0.3) is 0 Å². The molecule has 0 spiro atoms. The second kappa shape index (κ2) is 10.4. The number of thiol groups is 3. The van der Waals surface area contributed by atoms with Crippen LogP contribution in [0.2, 0.25) is 0 Å². The number of hydrogen-bond acceptors (Lipinski definition) is 6. The highest BCUT2D eigenvalue weighted by molar-refractivity contribution is 8.25. The van der Waals surface area contributed by atoms with Gasteiger partial charge in [-0.2, -0.15) is 49.6 Å². The average Bonchev–Trinajstić information content (AvgIpc) is 2.16. The molecule has 0 saturated carbocycles. The summed E-state index contributed by atoms with van der Waals surface area (Å²) in [5.41, 5.74) is 0. The summed E-state index contributed by atoms with van der Waals surface area (Å²) in [6, 6.07) is 0. The average molecular weight is 291 g/mol. The van der Waals surface area contributed by atoms with E-state index in [-0.39, 0.29) is 0 Å². The van der Waals surface area contributed by atoms with E-state index >= 15 is 0 Å². The van der Waals surface area contributed by atoms with E-state index in [1.54, 1.807) is 11.8 Å². The number of thiocarbonyl (C=S) groups is 1. The summed E-state index contributed by atoms with van der Waals surface area (Å²) in [7, 11) is 0. The van der Waals surface area contributed by atoms with Gasteiger partial charge in [0.25, 0.3) is 0 Å². The third kappa shape index (κ3) is 7.73. The van der Waals surface area contributed by atoms with Crippen molar-refractivity contribution >= 4 is 77.8 Å². The van der Waals surface area contributed by atoms with Gasteiger partial charge in [0.2, 0.25) is 0 Å². The summed E-state index contributed by atoms with van der Waals surface area (Å²) in [5, 5.41) is 0.385. The minimum Gasteiger partial charge on any atom is -0.179 e. The molecule has 0 rings (SSSR count). The molecule has 0 aliphatic heterocycles. The summed E-state index contributed by atoms with van der Waals surface area (Å²) in [5.74, 6) is 4.62. The first-order valence-electron chi connectivity index (χ1n) is 3.87.